The van der Waals surface area contributed by atoms with Crippen LogP contribution in [0, 0.1) is 12.7 Å². The summed E-state index contributed by atoms with van der Waals surface area (Å²) in [7, 11) is 0. The van der Waals surface area contributed by atoms with Crippen molar-refractivity contribution in [2.75, 3.05) is 4.90 Å². The van der Waals surface area contributed by atoms with Gasteiger partial charge < -0.3 is 10.2 Å². The topological polar surface area (TPSA) is 90.7 Å². The smallest absolute Gasteiger partial charge is 0.301 e. The van der Waals surface area contributed by atoms with Crippen LogP contribution in [0.1, 0.15) is 22.7 Å². The minimum atomic E-state index is -1.02. The van der Waals surface area contributed by atoms with Crippen molar-refractivity contribution < 1.29 is 24.2 Å². The number of hydrogen-bond donors (Lipinski definition) is 2. The molecule has 0 saturated carbocycles. The highest BCUT2D eigenvalue weighted by atomic mass is 32.1. The van der Waals surface area contributed by atoms with Gasteiger partial charge in [0.15, 0.2) is 5.13 Å². The molecule has 33 heavy (non-hydrogen) atoms. The first-order valence-electron chi connectivity index (χ1n) is 10.1. The van der Waals surface area contributed by atoms with Gasteiger partial charge in [-0.1, -0.05) is 53.3 Å². The number of carbonyl (C=O) groups is 2. The maximum atomic E-state index is 13.7. The van der Waals surface area contributed by atoms with Crippen LogP contribution in [0.3, 0.4) is 0 Å². The molecular formula is C25H17FN2O4S. The van der Waals surface area contributed by atoms with Gasteiger partial charge in [0.2, 0.25) is 0 Å². The molecule has 5 rings (SSSR count). The molecule has 1 fully saturated rings. The number of halogens is 1. The summed E-state index contributed by atoms with van der Waals surface area (Å²) >= 11 is 1.06. The van der Waals surface area contributed by atoms with Gasteiger partial charge in [-0.25, -0.2) is 9.37 Å². The van der Waals surface area contributed by atoms with Crippen LogP contribution in [0.25, 0.3) is 16.0 Å². The zero-order valence-corrected chi connectivity index (χ0v) is 18.1. The monoisotopic (exact) mass is 460 g/mol. The van der Waals surface area contributed by atoms with Gasteiger partial charge in [0.1, 0.15) is 17.3 Å². The lowest BCUT2D eigenvalue weighted by Gasteiger charge is -2.23. The first-order chi connectivity index (χ1) is 15.8. The van der Waals surface area contributed by atoms with Crippen LogP contribution in [0.4, 0.5) is 9.52 Å². The third-order valence-corrected chi connectivity index (χ3v) is 6.52. The van der Waals surface area contributed by atoms with Crippen molar-refractivity contribution >= 4 is 44.1 Å². The van der Waals surface area contributed by atoms with Crippen molar-refractivity contribution in [2.24, 2.45) is 0 Å². The van der Waals surface area contributed by atoms with Crippen LogP contribution in [0.2, 0.25) is 0 Å². The molecule has 2 N–H and O–H groups in total. The number of aliphatic hydroxyl groups excluding tert-OH is 1. The van der Waals surface area contributed by atoms with Crippen LogP contribution < -0.4 is 4.90 Å². The van der Waals surface area contributed by atoms with E-state index in [1.165, 1.54) is 35.2 Å². The molecule has 4 aromatic rings. The zero-order valence-electron chi connectivity index (χ0n) is 17.3. The highest BCUT2D eigenvalue weighted by Crippen LogP contribution is 2.44. The van der Waals surface area contributed by atoms with Crippen LogP contribution in [-0.2, 0) is 9.59 Å². The zero-order chi connectivity index (χ0) is 23.3. The molecule has 1 aliphatic heterocycles. The first-order valence-corrected chi connectivity index (χ1v) is 10.9. The molecule has 0 aliphatic carbocycles. The lowest BCUT2D eigenvalue weighted by molar-refractivity contribution is -0.132. The lowest BCUT2D eigenvalue weighted by Crippen LogP contribution is -2.29. The van der Waals surface area contributed by atoms with Gasteiger partial charge in [-0.15, -0.1) is 0 Å². The number of fused-ring (bicyclic) bond motifs is 1. The van der Waals surface area contributed by atoms with Gasteiger partial charge in [0, 0.05) is 5.56 Å². The first kappa shape index (κ1) is 20.8. The van der Waals surface area contributed by atoms with Crippen LogP contribution >= 0.6 is 11.3 Å². The number of aromatic nitrogens is 1. The summed E-state index contributed by atoms with van der Waals surface area (Å²) in [4.78, 5) is 32.0. The number of aliphatic hydroxyl groups is 1. The van der Waals surface area contributed by atoms with E-state index in [1.807, 2.05) is 6.92 Å². The number of amides is 1. The maximum Gasteiger partial charge on any atom is 0.301 e. The normalized spacial score (nSPS) is 17.8. The van der Waals surface area contributed by atoms with E-state index in [0.29, 0.717) is 21.3 Å². The van der Waals surface area contributed by atoms with E-state index in [0.717, 1.165) is 16.9 Å². The number of phenolic OH excluding ortho intramolecular Hbond substituents is 1. The summed E-state index contributed by atoms with van der Waals surface area (Å²) in [5.74, 6) is -2.55. The van der Waals surface area contributed by atoms with E-state index >= 15 is 0 Å². The Morgan fingerprint density at radius 3 is 2.55 bits per heavy atom. The molecule has 0 radical (unpaired) electrons. The van der Waals surface area contributed by atoms with E-state index < -0.39 is 23.5 Å². The molecule has 0 bridgehead atoms. The summed E-state index contributed by atoms with van der Waals surface area (Å²) in [6.45, 7) is 1.89. The van der Waals surface area contributed by atoms with Gasteiger partial charge in [0.25, 0.3) is 5.78 Å². The second-order valence-corrected chi connectivity index (χ2v) is 8.75. The molecule has 1 atom stereocenters. The Morgan fingerprint density at radius 1 is 1.06 bits per heavy atom. The van der Waals surface area contributed by atoms with Gasteiger partial charge >= 0.3 is 5.91 Å². The lowest BCUT2D eigenvalue weighted by atomic mass is 9.95. The Labute approximate surface area is 191 Å². The minimum Gasteiger partial charge on any atom is -0.508 e. The number of phenols is 1. The molecular weight excluding hydrogens is 443 g/mol. The van der Waals surface area contributed by atoms with E-state index in [2.05, 4.69) is 4.98 Å². The Bertz CT molecular complexity index is 1460. The van der Waals surface area contributed by atoms with E-state index in [9.17, 15) is 24.2 Å². The number of aryl methyl sites for hydroxylation is 1. The van der Waals surface area contributed by atoms with Crippen LogP contribution in [0.15, 0.2) is 72.3 Å². The molecule has 2 heterocycles. The number of Topliss-reactive ketones (excluding diaryl/α,β-unsaturated/α-hetero) is 1. The second-order valence-electron chi connectivity index (χ2n) is 7.74. The molecule has 3 aromatic carbocycles. The van der Waals surface area contributed by atoms with Crippen molar-refractivity contribution in [3.63, 3.8) is 0 Å². The number of hydrogen-bond acceptors (Lipinski definition) is 6. The van der Waals surface area contributed by atoms with Crippen molar-refractivity contribution in [1.29, 1.82) is 0 Å². The molecule has 6 nitrogen and oxygen atoms in total. The predicted molar refractivity (Wildman–Crippen MR) is 124 cm³/mol. The largest absolute Gasteiger partial charge is 0.508 e. The van der Waals surface area contributed by atoms with E-state index in [-0.39, 0.29) is 22.2 Å². The van der Waals surface area contributed by atoms with Crippen LogP contribution in [0.5, 0.6) is 5.75 Å². The highest BCUT2D eigenvalue weighted by Gasteiger charge is 2.48. The number of nitrogens with zero attached hydrogens (tertiary/aromatic N) is 2. The fraction of sp³-hybridized carbons (Fsp3) is 0.0800. The van der Waals surface area contributed by atoms with Gasteiger partial charge in [-0.05, 0) is 42.8 Å². The Balaban J connectivity index is 1.74. The average Bonchev–Trinajstić information content (AvgIpc) is 3.32. The van der Waals surface area contributed by atoms with Crippen LogP contribution in [-0.4, -0.2) is 26.9 Å². The van der Waals surface area contributed by atoms with Crippen molar-refractivity contribution in [2.45, 2.75) is 13.0 Å². The fourth-order valence-electron chi connectivity index (χ4n) is 3.90. The number of ketones is 1. The van der Waals surface area contributed by atoms with Gasteiger partial charge in [-0.3, -0.25) is 14.5 Å². The van der Waals surface area contributed by atoms with Crippen molar-refractivity contribution in [1.82, 2.24) is 4.98 Å². The summed E-state index contributed by atoms with van der Waals surface area (Å²) in [6.07, 6.45) is 0. The minimum absolute atomic E-state index is 0.0557. The molecule has 1 aliphatic rings. The fourth-order valence-corrected chi connectivity index (χ4v) is 4.91. The number of anilines is 1. The molecule has 1 aromatic heterocycles. The molecule has 8 heteroatoms. The average molecular weight is 460 g/mol. The summed E-state index contributed by atoms with van der Waals surface area (Å²) < 4.78 is 14.2. The maximum absolute atomic E-state index is 13.7. The van der Waals surface area contributed by atoms with Gasteiger partial charge in [0.05, 0.1) is 21.8 Å². The number of rotatable bonds is 3. The Hall–Kier alpha value is -4.04. The number of thiazole rings is 1. The van der Waals surface area contributed by atoms with Crippen molar-refractivity contribution in [3.05, 3.63) is 94.8 Å². The predicted octanol–water partition coefficient (Wildman–Crippen LogP) is 5.08. The second kappa shape index (κ2) is 7.83. The Morgan fingerprint density at radius 2 is 1.82 bits per heavy atom. The van der Waals surface area contributed by atoms with Crippen molar-refractivity contribution in [3.8, 4) is 5.75 Å². The van der Waals surface area contributed by atoms with E-state index in [4.69, 9.17) is 0 Å². The number of carbonyl (C=O) groups excluding carboxylic acids is 2. The van der Waals surface area contributed by atoms with E-state index in [1.54, 1.807) is 36.4 Å². The SMILES string of the molecule is Cc1ccc(/C(O)=C2\C(=O)C(=O)N(c3nc4ccc(F)cc4s3)C2c2cccc(O)c2)cc1. The summed E-state index contributed by atoms with van der Waals surface area (Å²) in [5.41, 5.74) is 2.15. The molecule has 1 unspecified atom stereocenters. The third kappa shape index (κ3) is 3.54. The standard InChI is InChI=1S/C25H17FN2O4S/c1-13-5-7-14(8-6-13)22(30)20-21(15-3-2-4-17(29)11-15)28(24(32)23(20)31)25-27-18-10-9-16(26)12-19(18)33-25/h2-12,21,29-30H,1H3/b22-20+. The molecule has 1 saturated heterocycles. The molecule has 0 spiro atoms. The number of aromatic hydroxyl groups is 1. The highest BCUT2D eigenvalue weighted by molar-refractivity contribution is 7.22. The summed E-state index contributed by atoms with van der Waals surface area (Å²) in [5, 5.41) is 21.3. The Kier molecular flexibility index (Phi) is 4.94. The third-order valence-electron chi connectivity index (χ3n) is 5.50. The molecule has 164 valence electrons. The summed E-state index contributed by atoms with van der Waals surface area (Å²) in [6, 6.07) is 16.1. The van der Waals surface area contributed by atoms with Gasteiger partial charge in [-0.2, -0.15) is 0 Å². The quantitative estimate of drug-likeness (QED) is 0.253. The number of benzene rings is 3. The molecule has 1 amide bonds.